The van der Waals surface area contributed by atoms with Gasteiger partial charge in [0.15, 0.2) is 0 Å². The van der Waals surface area contributed by atoms with Crippen molar-refractivity contribution in [3.8, 4) is 11.4 Å². The smallest absolute Gasteiger partial charge is 0.145 e. The van der Waals surface area contributed by atoms with Crippen LogP contribution < -0.4 is 4.74 Å². The molecule has 1 saturated carbocycles. The summed E-state index contributed by atoms with van der Waals surface area (Å²) in [6, 6.07) is 20.8. The number of hydrogen-bond donors (Lipinski definition) is 0. The maximum absolute atomic E-state index is 6.24. The van der Waals surface area contributed by atoms with Gasteiger partial charge in [-0.3, -0.25) is 4.98 Å². The number of benzene rings is 2. The highest BCUT2D eigenvalue weighted by molar-refractivity contribution is 5.89. The first kappa shape index (κ1) is 17.0. The predicted octanol–water partition coefficient (Wildman–Crippen LogP) is 5.31. The van der Waals surface area contributed by atoms with Gasteiger partial charge in [0.2, 0.25) is 0 Å². The highest BCUT2D eigenvalue weighted by Gasteiger charge is 2.30. The van der Waals surface area contributed by atoms with Gasteiger partial charge in [-0.25, -0.2) is 4.68 Å². The van der Waals surface area contributed by atoms with Crippen molar-refractivity contribution in [1.29, 1.82) is 0 Å². The molecule has 0 bridgehead atoms. The van der Waals surface area contributed by atoms with Crippen molar-refractivity contribution in [3.63, 3.8) is 0 Å². The average Bonchev–Trinajstić information content (AvgIpc) is 3.52. The number of hydrogen-bond acceptors (Lipinski definition) is 3. The van der Waals surface area contributed by atoms with E-state index in [1.807, 2.05) is 18.5 Å². The Kier molecular flexibility index (Phi) is 4.53. The van der Waals surface area contributed by atoms with Crippen LogP contribution in [0.25, 0.3) is 16.6 Å². The van der Waals surface area contributed by atoms with Crippen molar-refractivity contribution >= 4 is 10.9 Å². The van der Waals surface area contributed by atoms with Crippen LogP contribution in [0.2, 0.25) is 0 Å². The summed E-state index contributed by atoms with van der Waals surface area (Å²) < 4.78 is 8.30. The molecule has 0 spiro atoms. The zero-order valence-corrected chi connectivity index (χ0v) is 15.8. The van der Waals surface area contributed by atoms with Crippen LogP contribution in [-0.4, -0.2) is 21.4 Å². The van der Waals surface area contributed by atoms with E-state index in [9.17, 15) is 0 Å². The fourth-order valence-corrected chi connectivity index (χ4v) is 3.70. The van der Waals surface area contributed by atoms with E-state index in [0.717, 1.165) is 29.8 Å². The Morgan fingerprint density at radius 3 is 2.54 bits per heavy atom. The molecule has 0 radical (unpaired) electrons. The standard InChI is InChI=1S/C24H23N3O/c1-2-7-20(8-3-1)27-24-21(23(26-27)19-11-12-19)9-4-10-22(24)28-17-5-6-18-13-15-25-16-14-18/h1-4,7-10,13-16,19H,5-6,11-12,17H2. The largest absolute Gasteiger partial charge is 0.491 e. The number of fused-ring (bicyclic) bond motifs is 1. The Labute approximate surface area is 164 Å². The molecule has 2 aromatic heterocycles. The van der Waals surface area contributed by atoms with Gasteiger partial charge in [0.1, 0.15) is 11.3 Å². The Morgan fingerprint density at radius 1 is 0.929 bits per heavy atom. The first-order valence-electron chi connectivity index (χ1n) is 9.99. The average molecular weight is 369 g/mol. The number of nitrogens with zero attached hydrogens (tertiary/aromatic N) is 3. The van der Waals surface area contributed by atoms with E-state index < -0.39 is 0 Å². The summed E-state index contributed by atoms with van der Waals surface area (Å²) in [4.78, 5) is 4.07. The minimum atomic E-state index is 0.592. The van der Waals surface area contributed by atoms with Crippen molar-refractivity contribution in [2.45, 2.75) is 31.6 Å². The predicted molar refractivity (Wildman–Crippen MR) is 111 cm³/mol. The van der Waals surface area contributed by atoms with Crippen molar-refractivity contribution in [1.82, 2.24) is 14.8 Å². The van der Waals surface area contributed by atoms with Crippen LogP contribution in [0.1, 0.15) is 36.4 Å². The Morgan fingerprint density at radius 2 is 1.75 bits per heavy atom. The quantitative estimate of drug-likeness (QED) is 0.415. The molecule has 0 amide bonds. The highest BCUT2D eigenvalue weighted by atomic mass is 16.5. The summed E-state index contributed by atoms with van der Waals surface area (Å²) >= 11 is 0. The number of ether oxygens (including phenoxy) is 1. The van der Waals surface area contributed by atoms with E-state index in [-0.39, 0.29) is 0 Å². The van der Waals surface area contributed by atoms with Crippen molar-refractivity contribution in [2.75, 3.05) is 6.61 Å². The van der Waals surface area contributed by atoms with Crippen LogP contribution in [0.3, 0.4) is 0 Å². The SMILES string of the molecule is c1ccc(-n2nc(C3CC3)c3cccc(OCCCc4ccncc4)c32)cc1. The molecule has 2 aromatic carbocycles. The van der Waals surface area contributed by atoms with Gasteiger partial charge in [0.05, 0.1) is 18.0 Å². The third-order valence-corrected chi connectivity index (χ3v) is 5.28. The van der Waals surface area contributed by atoms with Crippen molar-refractivity contribution in [2.24, 2.45) is 0 Å². The highest BCUT2D eigenvalue weighted by Crippen LogP contribution is 2.44. The molecule has 0 aliphatic heterocycles. The molecule has 1 fully saturated rings. The molecule has 28 heavy (non-hydrogen) atoms. The lowest BCUT2D eigenvalue weighted by molar-refractivity contribution is 0.313. The van der Waals surface area contributed by atoms with Crippen LogP contribution in [0.15, 0.2) is 73.1 Å². The molecule has 1 aliphatic carbocycles. The van der Waals surface area contributed by atoms with Gasteiger partial charge in [-0.15, -0.1) is 0 Å². The number of rotatable bonds is 7. The lowest BCUT2D eigenvalue weighted by atomic mass is 10.1. The molecule has 4 aromatic rings. The lowest BCUT2D eigenvalue weighted by Crippen LogP contribution is -2.02. The number of aryl methyl sites for hydroxylation is 1. The zero-order chi connectivity index (χ0) is 18.8. The van der Waals surface area contributed by atoms with E-state index in [2.05, 4.69) is 64.3 Å². The second-order valence-corrected chi connectivity index (χ2v) is 7.37. The van der Waals surface area contributed by atoms with Gasteiger partial charge < -0.3 is 4.74 Å². The Balaban J connectivity index is 1.43. The minimum Gasteiger partial charge on any atom is -0.491 e. The first-order valence-corrected chi connectivity index (χ1v) is 9.99. The van der Waals surface area contributed by atoms with Crippen molar-refractivity contribution < 1.29 is 4.74 Å². The second-order valence-electron chi connectivity index (χ2n) is 7.37. The molecule has 1 aliphatic rings. The number of aromatic nitrogens is 3. The van der Waals surface area contributed by atoms with E-state index in [1.54, 1.807) is 0 Å². The van der Waals surface area contributed by atoms with E-state index in [0.29, 0.717) is 12.5 Å². The Hall–Kier alpha value is -3.14. The summed E-state index contributed by atoms with van der Waals surface area (Å²) in [5.74, 6) is 1.50. The van der Waals surface area contributed by atoms with Crippen LogP contribution in [0.5, 0.6) is 5.75 Å². The molecule has 4 nitrogen and oxygen atoms in total. The van der Waals surface area contributed by atoms with Crippen molar-refractivity contribution in [3.05, 3.63) is 84.3 Å². The van der Waals surface area contributed by atoms with E-state index >= 15 is 0 Å². The fourth-order valence-electron chi connectivity index (χ4n) is 3.70. The molecular formula is C24H23N3O. The van der Waals surface area contributed by atoms with Crippen LogP contribution in [0, 0.1) is 0 Å². The number of pyridine rings is 1. The zero-order valence-electron chi connectivity index (χ0n) is 15.8. The topological polar surface area (TPSA) is 39.9 Å². The molecule has 2 heterocycles. The van der Waals surface area contributed by atoms with E-state index in [1.165, 1.54) is 29.5 Å². The van der Waals surface area contributed by atoms with Gasteiger partial charge in [0, 0.05) is 23.7 Å². The van der Waals surface area contributed by atoms with Crippen LogP contribution in [-0.2, 0) is 6.42 Å². The summed E-state index contributed by atoms with van der Waals surface area (Å²) in [6.45, 7) is 0.681. The molecule has 0 unspecified atom stereocenters. The summed E-state index contributed by atoms with van der Waals surface area (Å²) in [7, 11) is 0. The Bertz CT molecular complexity index is 1070. The van der Waals surface area contributed by atoms with Gasteiger partial charge in [-0.05, 0) is 61.6 Å². The minimum absolute atomic E-state index is 0.592. The molecule has 0 atom stereocenters. The van der Waals surface area contributed by atoms with Gasteiger partial charge >= 0.3 is 0 Å². The molecule has 4 heteroatoms. The molecular weight excluding hydrogens is 346 g/mol. The normalized spacial score (nSPS) is 13.7. The summed E-state index contributed by atoms with van der Waals surface area (Å²) in [6.07, 6.45) is 8.11. The molecule has 0 saturated heterocycles. The molecule has 140 valence electrons. The maximum Gasteiger partial charge on any atom is 0.145 e. The summed E-state index contributed by atoms with van der Waals surface area (Å²) in [5, 5.41) is 6.21. The monoisotopic (exact) mass is 369 g/mol. The second kappa shape index (κ2) is 7.47. The third kappa shape index (κ3) is 3.38. The van der Waals surface area contributed by atoms with Gasteiger partial charge in [-0.1, -0.05) is 30.3 Å². The first-order chi connectivity index (χ1) is 13.9. The summed E-state index contributed by atoms with van der Waals surface area (Å²) in [5.41, 5.74) is 4.66. The third-order valence-electron chi connectivity index (χ3n) is 5.28. The van der Waals surface area contributed by atoms with Gasteiger partial charge in [0.25, 0.3) is 0 Å². The van der Waals surface area contributed by atoms with Gasteiger partial charge in [-0.2, -0.15) is 5.10 Å². The van der Waals surface area contributed by atoms with Crippen LogP contribution >= 0.6 is 0 Å². The molecule has 0 N–H and O–H groups in total. The fraction of sp³-hybridized carbons (Fsp3) is 0.250. The number of para-hydroxylation sites is 2. The maximum atomic E-state index is 6.24. The molecule has 5 rings (SSSR count). The van der Waals surface area contributed by atoms with Crippen LogP contribution in [0.4, 0.5) is 0 Å². The lowest BCUT2D eigenvalue weighted by Gasteiger charge is -2.10. The van der Waals surface area contributed by atoms with E-state index in [4.69, 9.17) is 9.84 Å².